The summed E-state index contributed by atoms with van der Waals surface area (Å²) < 4.78 is 0. The first-order chi connectivity index (χ1) is 16.7. The molecule has 1 saturated heterocycles. The van der Waals surface area contributed by atoms with Crippen molar-refractivity contribution >= 4 is 28.8 Å². The van der Waals surface area contributed by atoms with Crippen molar-refractivity contribution in [2.75, 3.05) is 18.0 Å². The topological polar surface area (TPSA) is 90.7 Å². The Morgan fingerprint density at radius 3 is 2.53 bits per heavy atom. The number of nitrogens with zero attached hydrogens (tertiary/aromatic N) is 4. The fourth-order valence-electron chi connectivity index (χ4n) is 4.18. The highest BCUT2D eigenvalue weighted by molar-refractivity contribution is 6.03. The van der Waals surface area contributed by atoms with Crippen molar-refractivity contribution in [3.63, 3.8) is 0 Å². The summed E-state index contributed by atoms with van der Waals surface area (Å²) in [6, 6.07) is 22.6. The average Bonchev–Trinajstić information content (AvgIpc) is 2.90. The van der Waals surface area contributed by atoms with Crippen LogP contribution in [0, 0.1) is 0 Å². The smallest absolute Gasteiger partial charge is 0.290 e. The molecule has 0 spiro atoms. The minimum atomic E-state index is -0.436. The number of hydrogen-bond donors (Lipinski definition) is 2. The van der Waals surface area contributed by atoms with Crippen molar-refractivity contribution in [2.45, 2.75) is 19.3 Å². The second-order valence-corrected chi connectivity index (χ2v) is 8.27. The van der Waals surface area contributed by atoms with Crippen LogP contribution in [0.3, 0.4) is 0 Å². The van der Waals surface area contributed by atoms with E-state index in [2.05, 4.69) is 20.4 Å². The van der Waals surface area contributed by atoms with E-state index in [0.717, 1.165) is 42.3 Å². The van der Waals surface area contributed by atoms with Crippen LogP contribution in [0.15, 0.2) is 77.9 Å². The number of aromatic nitrogens is 2. The van der Waals surface area contributed by atoms with E-state index in [-0.39, 0.29) is 11.4 Å². The number of fused-ring (bicyclic) bond motifs is 1. The molecule has 1 aliphatic rings. The number of carbonyl (C=O) groups is 1. The van der Waals surface area contributed by atoms with Gasteiger partial charge in [-0.25, -0.2) is 15.4 Å². The molecular weight excluding hydrogens is 426 g/mol. The van der Waals surface area contributed by atoms with Crippen LogP contribution in [-0.2, 0) is 0 Å². The van der Waals surface area contributed by atoms with Crippen molar-refractivity contribution in [3.05, 3.63) is 84.1 Å². The van der Waals surface area contributed by atoms with Crippen LogP contribution < -0.4 is 10.3 Å². The number of piperidine rings is 1. The zero-order valence-electron chi connectivity index (χ0n) is 18.7. The van der Waals surface area contributed by atoms with Gasteiger partial charge in [-0.1, -0.05) is 60.7 Å². The lowest BCUT2D eigenvalue weighted by Crippen LogP contribution is -2.32. The largest absolute Gasteiger partial charge is 0.507 e. The Kier molecular flexibility index (Phi) is 6.16. The number of hydrazone groups is 1. The highest BCUT2D eigenvalue weighted by Gasteiger charge is 2.18. The van der Waals surface area contributed by atoms with E-state index in [0.29, 0.717) is 17.2 Å². The van der Waals surface area contributed by atoms with Crippen LogP contribution in [0.1, 0.15) is 35.3 Å². The Bertz CT molecular complexity index is 1350. The first kappa shape index (κ1) is 21.6. The van der Waals surface area contributed by atoms with Gasteiger partial charge in [-0.3, -0.25) is 4.79 Å². The van der Waals surface area contributed by atoms with Crippen LogP contribution in [0.25, 0.3) is 22.0 Å². The Labute approximate surface area is 197 Å². The molecule has 0 saturated carbocycles. The molecule has 0 aliphatic carbocycles. The zero-order valence-corrected chi connectivity index (χ0v) is 18.7. The maximum Gasteiger partial charge on any atom is 0.290 e. The van der Waals surface area contributed by atoms with E-state index in [9.17, 15) is 9.90 Å². The van der Waals surface area contributed by atoms with E-state index in [1.807, 2.05) is 60.7 Å². The number of phenolic OH excluding ortho intramolecular Hbond substituents is 1. The minimum Gasteiger partial charge on any atom is -0.507 e. The number of benzene rings is 3. The van der Waals surface area contributed by atoms with Gasteiger partial charge in [-0.05, 0) is 42.2 Å². The van der Waals surface area contributed by atoms with Crippen molar-refractivity contribution in [2.24, 2.45) is 5.10 Å². The molecule has 170 valence electrons. The number of carbonyl (C=O) groups excluding carboxylic acids is 1. The molecule has 3 aromatic carbocycles. The fourth-order valence-corrected chi connectivity index (χ4v) is 4.18. The van der Waals surface area contributed by atoms with Gasteiger partial charge in [0.25, 0.3) is 5.91 Å². The molecule has 34 heavy (non-hydrogen) atoms. The summed E-state index contributed by atoms with van der Waals surface area (Å²) in [5, 5.41) is 16.2. The first-order valence-electron chi connectivity index (χ1n) is 11.4. The van der Waals surface area contributed by atoms with Crippen LogP contribution in [0.5, 0.6) is 5.75 Å². The van der Waals surface area contributed by atoms with Gasteiger partial charge < -0.3 is 10.0 Å². The summed E-state index contributed by atoms with van der Waals surface area (Å²) in [5.74, 6) is 0.216. The predicted molar refractivity (Wildman–Crippen MR) is 134 cm³/mol. The molecule has 2 heterocycles. The van der Waals surface area contributed by atoms with Gasteiger partial charge in [-0.2, -0.15) is 5.10 Å². The molecular formula is C27H25N5O2. The minimum absolute atomic E-state index is 0.0949. The Morgan fingerprint density at radius 2 is 1.71 bits per heavy atom. The summed E-state index contributed by atoms with van der Waals surface area (Å²) in [6.07, 6.45) is 4.82. The summed E-state index contributed by atoms with van der Waals surface area (Å²) in [7, 11) is 0. The molecule has 0 atom stereocenters. The maximum absolute atomic E-state index is 13.0. The van der Waals surface area contributed by atoms with Crippen LogP contribution in [-0.4, -0.2) is 40.3 Å². The molecule has 0 bridgehead atoms. The number of phenols is 1. The third-order valence-corrected chi connectivity index (χ3v) is 5.96. The Hall–Kier alpha value is -4.26. The molecule has 1 aliphatic heterocycles. The molecule has 1 fully saturated rings. The summed E-state index contributed by atoms with van der Waals surface area (Å²) >= 11 is 0. The molecule has 1 aromatic heterocycles. The first-order valence-corrected chi connectivity index (χ1v) is 11.4. The highest BCUT2D eigenvalue weighted by Crippen LogP contribution is 2.26. The van der Waals surface area contributed by atoms with Gasteiger partial charge in [0.1, 0.15) is 11.4 Å². The fraction of sp³-hybridized carbons (Fsp3) is 0.185. The molecule has 1 amide bonds. The van der Waals surface area contributed by atoms with Crippen molar-refractivity contribution in [1.82, 2.24) is 15.4 Å². The van der Waals surface area contributed by atoms with Gasteiger partial charge in [0.2, 0.25) is 5.95 Å². The number of nitrogens with one attached hydrogen (secondary N) is 1. The molecule has 0 radical (unpaired) electrons. The second-order valence-electron chi connectivity index (χ2n) is 8.27. The third-order valence-electron chi connectivity index (χ3n) is 5.96. The lowest BCUT2D eigenvalue weighted by atomic mass is 10.0. The molecule has 5 rings (SSSR count). The van der Waals surface area contributed by atoms with E-state index < -0.39 is 5.91 Å². The normalized spacial score (nSPS) is 13.9. The molecule has 4 aromatic rings. The third kappa shape index (κ3) is 4.59. The van der Waals surface area contributed by atoms with E-state index >= 15 is 0 Å². The summed E-state index contributed by atoms with van der Waals surface area (Å²) in [6.45, 7) is 1.75. The van der Waals surface area contributed by atoms with Crippen molar-refractivity contribution in [3.8, 4) is 17.0 Å². The lowest BCUT2D eigenvalue weighted by Gasteiger charge is -2.27. The summed E-state index contributed by atoms with van der Waals surface area (Å²) in [4.78, 5) is 24.4. The van der Waals surface area contributed by atoms with Crippen LogP contribution in [0.4, 0.5) is 5.95 Å². The van der Waals surface area contributed by atoms with E-state index in [1.54, 1.807) is 12.1 Å². The maximum atomic E-state index is 13.0. The standard InChI is InChI=1S/C27H25N5O2/c33-25-14-13-19-9-5-6-12-21(19)22(25)18-28-31-26(34)24-17-23(20-10-3-1-4-11-20)29-27(30-24)32-15-7-2-8-16-32/h1,3-6,9-14,17-18,33H,2,7-8,15-16H2,(H,31,34)/b28-18+. The number of rotatable bonds is 5. The average molecular weight is 452 g/mol. The van der Waals surface area contributed by atoms with Gasteiger partial charge in [0, 0.05) is 24.2 Å². The van der Waals surface area contributed by atoms with Crippen LogP contribution in [0.2, 0.25) is 0 Å². The van der Waals surface area contributed by atoms with E-state index in [1.165, 1.54) is 12.6 Å². The summed E-state index contributed by atoms with van der Waals surface area (Å²) in [5.41, 5.74) is 4.95. The molecule has 7 heteroatoms. The van der Waals surface area contributed by atoms with Gasteiger partial charge in [0.15, 0.2) is 0 Å². The van der Waals surface area contributed by atoms with E-state index in [4.69, 9.17) is 4.98 Å². The number of hydrogen-bond acceptors (Lipinski definition) is 6. The van der Waals surface area contributed by atoms with Gasteiger partial charge in [0.05, 0.1) is 11.9 Å². The second kappa shape index (κ2) is 9.70. The number of aromatic hydroxyl groups is 1. The van der Waals surface area contributed by atoms with Crippen molar-refractivity contribution in [1.29, 1.82) is 0 Å². The monoisotopic (exact) mass is 451 g/mol. The molecule has 2 N–H and O–H groups in total. The lowest BCUT2D eigenvalue weighted by molar-refractivity contribution is 0.0950. The zero-order chi connectivity index (χ0) is 23.3. The van der Waals surface area contributed by atoms with Crippen LogP contribution >= 0.6 is 0 Å². The number of amides is 1. The Morgan fingerprint density at radius 1 is 0.941 bits per heavy atom. The number of anilines is 1. The molecule has 0 unspecified atom stereocenters. The SMILES string of the molecule is O=C(N/N=C/c1c(O)ccc2ccccc12)c1cc(-c2ccccc2)nc(N2CCCCC2)n1. The Balaban J connectivity index is 1.44. The van der Waals surface area contributed by atoms with Crippen molar-refractivity contribution < 1.29 is 9.90 Å². The highest BCUT2D eigenvalue weighted by atomic mass is 16.3. The quantitative estimate of drug-likeness (QED) is 0.337. The van der Waals surface area contributed by atoms with Gasteiger partial charge >= 0.3 is 0 Å². The van der Waals surface area contributed by atoms with Gasteiger partial charge in [-0.15, -0.1) is 0 Å². The molecule has 7 nitrogen and oxygen atoms in total. The predicted octanol–water partition coefficient (Wildman–Crippen LogP) is 4.76.